The fraction of sp³-hybridized carbons (Fsp3) is 0.500. The van der Waals surface area contributed by atoms with E-state index in [2.05, 4.69) is 15.5 Å². The first-order valence-electron chi connectivity index (χ1n) is 3.43. The van der Waals surface area contributed by atoms with Crippen molar-refractivity contribution in [3.05, 3.63) is 5.51 Å². The van der Waals surface area contributed by atoms with Gasteiger partial charge in [-0.05, 0) is 13.8 Å². The van der Waals surface area contributed by atoms with E-state index in [0.29, 0.717) is 4.34 Å². The fourth-order valence-corrected chi connectivity index (χ4v) is 1.92. The Morgan fingerprint density at radius 1 is 1.75 bits per heavy atom. The first-order valence-corrected chi connectivity index (χ1v) is 5.12. The summed E-state index contributed by atoms with van der Waals surface area (Å²) in [7, 11) is 0. The van der Waals surface area contributed by atoms with Crippen LogP contribution in [0, 0.1) is 0 Å². The molecule has 0 aliphatic rings. The van der Waals surface area contributed by atoms with E-state index >= 15 is 0 Å². The molecule has 0 aliphatic carbocycles. The molecule has 4 nitrogen and oxygen atoms in total. The average Bonchev–Trinajstić information content (AvgIpc) is 2.37. The van der Waals surface area contributed by atoms with Gasteiger partial charge in [0.25, 0.3) is 5.24 Å². The molecule has 1 aromatic rings. The standard InChI is InChI=1S/C6H9N3OS2/c1-4(2)8-5(10)12-6-9-7-3-11-6/h3-4H,1-2H3,(H,8,10). The summed E-state index contributed by atoms with van der Waals surface area (Å²) in [6.45, 7) is 3.83. The third-order valence-corrected chi connectivity index (χ3v) is 2.51. The number of carbonyl (C=O) groups excluding carboxylic acids is 1. The van der Waals surface area contributed by atoms with Crippen LogP contribution in [-0.4, -0.2) is 21.5 Å². The number of hydrogen-bond acceptors (Lipinski definition) is 5. The van der Waals surface area contributed by atoms with Crippen LogP contribution in [0.4, 0.5) is 4.79 Å². The molecule has 0 bridgehead atoms. The number of thioether (sulfide) groups is 1. The summed E-state index contributed by atoms with van der Waals surface area (Å²) in [6.07, 6.45) is 0. The minimum absolute atomic E-state index is 0.0817. The number of nitrogens with one attached hydrogen (secondary N) is 1. The SMILES string of the molecule is CC(C)NC(=O)Sc1nncs1. The van der Waals surface area contributed by atoms with Crippen molar-refractivity contribution < 1.29 is 4.79 Å². The molecule has 0 atom stereocenters. The Morgan fingerprint density at radius 2 is 2.50 bits per heavy atom. The lowest BCUT2D eigenvalue weighted by Crippen LogP contribution is -2.26. The number of amides is 1. The summed E-state index contributed by atoms with van der Waals surface area (Å²) in [5, 5.41) is 10.0. The molecular formula is C6H9N3OS2. The van der Waals surface area contributed by atoms with Gasteiger partial charge in [0.05, 0.1) is 0 Å². The Bertz CT molecular complexity index is 247. The zero-order valence-electron chi connectivity index (χ0n) is 6.77. The highest BCUT2D eigenvalue weighted by Gasteiger charge is 2.07. The molecular weight excluding hydrogens is 194 g/mol. The van der Waals surface area contributed by atoms with Crippen LogP contribution in [0.1, 0.15) is 13.8 Å². The monoisotopic (exact) mass is 203 g/mol. The average molecular weight is 203 g/mol. The predicted molar refractivity (Wildman–Crippen MR) is 49.4 cm³/mol. The van der Waals surface area contributed by atoms with Gasteiger partial charge >= 0.3 is 0 Å². The van der Waals surface area contributed by atoms with Crippen LogP contribution in [-0.2, 0) is 0 Å². The first-order chi connectivity index (χ1) is 5.68. The summed E-state index contributed by atoms with van der Waals surface area (Å²) in [5.74, 6) is 0. The second kappa shape index (κ2) is 4.42. The molecule has 1 aromatic heterocycles. The van der Waals surface area contributed by atoms with Crippen molar-refractivity contribution in [2.24, 2.45) is 0 Å². The number of aromatic nitrogens is 2. The van der Waals surface area contributed by atoms with Crippen molar-refractivity contribution >= 4 is 28.3 Å². The molecule has 0 spiro atoms. The molecule has 1 rings (SSSR count). The van der Waals surface area contributed by atoms with Gasteiger partial charge in [0, 0.05) is 17.8 Å². The molecule has 1 N–H and O–H groups in total. The van der Waals surface area contributed by atoms with E-state index in [1.54, 1.807) is 5.51 Å². The summed E-state index contributed by atoms with van der Waals surface area (Å²) >= 11 is 2.43. The molecule has 0 radical (unpaired) electrons. The maximum Gasteiger partial charge on any atom is 0.286 e. The molecule has 1 heterocycles. The Hall–Kier alpha value is -0.620. The van der Waals surface area contributed by atoms with Gasteiger partial charge in [0.15, 0.2) is 4.34 Å². The summed E-state index contributed by atoms with van der Waals surface area (Å²) in [6, 6.07) is 0.165. The molecule has 12 heavy (non-hydrogen) atoms. The third kappa shape index (κ3) is 3.19. The van der Waals surface area contributed by atoms with Gasteiger partial charge in [0.2, 0.25) is 0 Å². The van der Waals surface area contributed by atoms with Gasteiger partial charge in [-0.2, -0.15) is 0 Å². The van der Waals surface area contributed by atoms with Crippen molar-refractivity contribution in [3.8, 4) is 0 Å². The van der Waals surface area contributed by atoms with E-state index in [4.69, 9.17) is 0 Å². The first kappa shape index (κ1) is 9.47. The molecule has 66 valence electrons. The molecule has 1 amide bonds. The highest BCUT2D eigenvalue weighted by Crippen LogP contribution is 2.19. The highest BCUT2D eigenvalue weighted by atomic mass is 32.2. The van der Waals surface area contributed by atoms with Crippen LogP contribution < -0.4 is 5.32 Å². The second-order valence-corrected chi connectivity index (χ2v) is 4.45. The minimum atomic E-state index is -0.0817. The van der Waals surface area contributed by atoms with Crippen LogP contribution >= 0.6 is 23.1 Å². The number of nitrogens with zero attached hydrogens (tertiary/aromatic N) is 2. The van der Waals surface area contributed by atoms with Crippen LogP contribution in [0.3, 0.4) is 0 Å². The lowest BCUT2D eigenvalue weighted by Gasteiger charge is -2.04. The molecule has 0 unspecified atom stereocenters. The van der Waals surface area contributed by atoms with Crippen LogP contribution in [0.5, 0.6) is 0 Å². The summed E-state index contributed by atoms with van der Waals surface area (Å²) in [4.78, 5) is 11.1. The van der Waals surface area contributed by atoms with Crippen molar-refractivity contribution in [3.63, 3.8) is 0 Å². The zero-order valence-corrected chi connectivity index (χ0v) is 8.41. The van der Waals surface area contributed by atoms with E-state index in [1.165, 1.54) is 11.3 Å². The van der Waals surface area contributed by atoms with Crippen LogP contribution in [0.2, 0.25) is 0 Å². The molecule has 0 fully saturated rings. The number of carbonyl (C=O) groups is 1. The van der Waals surface area contributed by atoms with Gasteiger partial charge in [-0.25, -0.2) is 0 Å². The van der Waals surface area contributed by atoms with Crippen molar-refractivity contribution in [1.82, 2.24) is 15.5 Å². The maximum atomic E-state index is 11.1. The second-order valence-electron chi connectivity index (χ2n) is 2.39. The summed E-state index contributed by atoms with van der Waals surface area (Å²) < 4.78 is 0.674. The van der Waals surface area contributed by atoms with Crippen molar-refractivity contribution in [2.45, 2.75) is 24.2 Å². The Balaban J connectivity index is 2.37. The lowest BCUT2D eigenvalue weighted by atomic mass is 10.4. The lowest BCUT2D eigenvalue weighted by molar-refractivity contribution is 0.259. The smallest absolute Gasteiger partial charge is 0.286 e. The molecule has 0 aromatic carbocycles. The van der Waals surface area contributed by atoms with E-state index < -0.39 is 0 Å². The minimum Gasteiger partial charge on any atom is -0.344 e. The number of hydrogen-bond donors (Lipinski definition) is 1. The van der Waals surface area contributed by atoms with E-state index in [-0.39, 0.29) is 11.3 Å². The van der Waals surface area contributed by atoms with E-state index in [0.717, 1.165) is 11.8 Å². The maximum absolute atomic E-state index is 11.1. The van der Waals surface area contributed by atoms with Gasteiger partial charge in [0.1, 0.15) is 5.51 Å². The predicted octanol–water partition coefficient (Wildman–Crippen LogP) is 1.75. The fourth-order valence-electron chi connectivity index (χ4n) is 0.552. The van der Waals surface area contributed by atoms with Gasteiger partial charge in [-0.15, -0.1) is 10.2 Å². The summed E-state index contributed by atoms with van der Waals surface area (Å²) in [5.41, 5.74) is 1.60. The molecule has 0 saturated carbocycles. The van der Waals surface area contributed by atoms with Gasteiger partial charge in [-0.1, -0.05) is 11.3 Å². The van der Waals surface area contributed by atoms with Crippen LogP contribution in [0.25, 0.3) is 0 Å². The van der Waals surface area contributed by atoms with E-state index in [9.17, 15) is 4.79 Å². The third-order valence-electron chi connectivity index (χ3n) is 0.927. The molecule has 0 saturated heterocycles. The number of rotatable bonds is 2. The van der Waals surface area contributed by atoms with Gasteiger partial charge < -0.3 is 5.32 Å². The van der Waals surface area contributed by atoms with E-state index in [1.807, 2.05) is 13.8 Å². The molecule has 0 aliphatic heterocycles. The quantitative estimate of drug-likeness (QED) is 0.744. The topological polar surface area (TPSA) is 54.9 Å². The normalized spacial score (nSPS) is 10.2. The van der Waals surface area contributed by atoms with Crippen molar-refractivity contribution in [2.75, 3.05) is 0 Å². The van der Waals surface area contributed by atoms with Crippen LogP contribution in [0.15, 0.2) is 9.85 Å². The van der Waals surface area contributed by atoms with Crippen molar-refractivity contribution in [1.29, 1.82) is 0 Å². The zero-order chi connectivity index (χ0) is 8.97. The Morgan fingerprint density at radius 3 is 3.00 bits per heavy atom. The largest absolute Gasteiger partial charge is 0.344 e. The highest BCUT2D eigenvalue weighted by molar-refractivity contribution is 8.14. The molecule has 6 heteroatoms. The Kier molecular flexibility index (Phi) is 3.48. The Labute approximate surface area is 78.8 Å². The van der Waals surface area contributed by atoms with Gasteiger partial charge in [-0.3, -0.25) is 4.79 Å².